The van der Waals surface area contributed by atoms with Crippen LogP contribution in [0.2, 0.25) is 0 Å². The van der Waals surface area contributed by atoms with Gasteiger partial charge in [0.05, 0.1) is 15.1 Å². The van der Waals surface area contributed by atoms with E-state index in [1.54, 1.807) is 0 Å². The summed E-state index contributed by atoms with van der Waals surface area (Å²) in [5, 5.41) is 0. The van der Waals surface area contributed by atoms with Crippen molar-refractivity contribution in [3.8, 4) is 0 Å². The summed E-state index contributed by atoms with van der Waals surface area (Å²) in [6, 6.07) is 12.1. The molecule has 0 aliphatic rings. The molecule has 0 spiro atoms. The van der Waals surface area contributed by atoms with Gasteiger partial charge in [0.2, 0.25) is 10.0 Å². The quantitative estimate of drug-likeness (QED) is 0.639. The molecule has 0 N–H and O–H groups in total. The van der Waals surface area contributed by atoms with Gasteiger partial charge in [-0.15, -0.1) is 0 Å². The highest BCUT2D eigenvalue weighted by Gasteiger charge is 2.17. The Bertz CT molecular complexity index is 1190. The Morgan fingerprint density at radius 3 is 2.43 bits per heavy atom. The van der Waals surface area contributed by atoms with E-state index in [0.29, 0.717) is 10.4 Å². The van der Waals surface area contributed by atoms with Crippen LogP contribution in [0, 0.1) is 6.92 Å². The summed E-state index contributed by atoms with van der Waals surface area (Å²) >= 11 is 1.49. The van der Waals surface area contributed by atoms with Gasteiger partial charge in [0.25, 0.3) is 5.91 Å². The van der Waals surface area contributed by atoms with Gasteiger partial charge in [-0.25, -0.2) is 12.7 Å². The fourth-order valence-corrected chi connectivity index (χ4v) is 4.89. The number of aryl methyl sites for hydroxylation is 2. The van der Waals surface area contributed by atoms with E-state index in [1.165, 1.54) is 49.7 Å². The number of benzene rings is 2. The molecule has 0 unspecified atom stereocenters. The van der Waals surface area contributed by atoms with Crippen molar-refractivity contribution in [2.75, 3.05) is 14.1 Å². The van der Waals surface area contributed by atoms with E-state index in [9.17, 15) is 13.2 Å². The third kappa shape index (κ3) is 3.94. The Morgan fingerprint density at radius 1 is 1.14 bits per heavy atom. The van der Waals surface area contributed by atoms with Gasteiger partial charge in [-0.3, -0.25) is 4.79 Å². The SMILES string of the molecule is CCCn1c(=NC(=O)c2ccc(S(=O)(=O)N(C)C)cc2)sc2cc(C)ccc21. The number of sulfonamides is 1. The van der Waals surface area contributed by atoms with E-state index >= 15 is 0 Å². The maximum Gasteiger partial charge on any atom is 0.279 e. The molecule has 3 rings (SSSR count). The van der Waals surface area contributed by atoms with Crippen LogP contribution in [-0.4, -0.2) is 37.3 Å². The predicted octanol–water partition coefficient (Wildman–Crippen LogP) is 3.41. The molecule has 0 radical (unpaired) electrons. The molecule has 6 nitrogen and oxygen atoms in total. The zero-order valence-electron chi connectivity index (χ0n) is 16.3. The number of thiazole rings is 1. The molecule has 1 amide bonds. The zero-order chi connectivity index (χ0) is 20.5. The van der Waals surface area contributed by atoms with Crippen LogP contribution in [0.5, 0.6) is 0 Å². The van der Waals surface area contributed by atoms with E-state index < -0.39 is 10.0 Å². The number of aromatic nitrogens is 1. The van der Waals surface area contributed by atoms with Crippen molar-refractivity contribution >= 4 is 37.5 Å². The monoisotopic (exact) mass is 417 g/mol. The maximum absolute atomic E-state index is 12.7. The van der Waals surface area contributed by atoms with E-state index in [2.05, 4.69) is 34.7 Å². The third-order valence-electron chi connectivity index (χ3n) is 4.36. The van der Waals surface area contributed by atoms with Gasteiger partial charge in [-0.1, -0.05) is 24.3 Å². The van der Waals surface area contributed by atoms with Crippen molar-refractivity contribution in [3.63, 3.8) is 0 Å². The van der Waals surface area contributed by atoms with E-state index in [0.717, 1.165) is 33.1 Å². The first-order valence-corrected chi connectivity index (χ1v) is 11.2. The van der Waals surface area contributed by atoms with Crippen LogP contribution >= 0.6 is 11.3 Å². The number of hydrogen-bond acceptors (Lipinski definition) is 4. The third-order valence-corrected chi connectivity index (χ3v) is 7.23. The van der Waals surface area contributed by atoms with Crippen molar-refractivity contribution < 1.29 is 13.2 Å². The highest BCUT2D eigenvalue weighted by molar-refractivity contribution is 7.89. The second-order valence-corrected chi connectivity index (χ2v) is 9.90. The molecule has 1 heterocycles. The lowest BCUT2D eigenvalue weighted by Crippen LogP contribution is -2.22. The smallest absolute Gasteiger partial charge is 0.279 e. The molecule has 0 saturated heterocycles. The van der Waals surface area contributed by atoms with Crippen LogP contribution in [0.1, 0.15) is 29.3 Å². The van der Waals surface area contributed by atoms with Gasteiger partial charge >= 0.3 is 0 Å². The Balaban J connectivity index is 2.02. The normalized spacial score (nSPS) is 12.8. The molecule has 2 aromatic carbocycles. The van der Waals surface area contributed by atoms with Gasteiger partial charge in [0, 0.05) is 26.2 Å². The number of nitrogens with zero attached hydrogens (tertiary/aromatic N) is 3. The van der Waals surface area contributed by atoms with Crippen LogP contribution in [-0.2, 0) is 16.6 Å². The predicted molar refractivity (Wildman–Crippen MR) is 112 cm³/mol. The molecule has 1 aromatic heterocycles. The minimum absolute atomic E-state index is 0.146. The Labute approximate surface area is 168 Å². The molecule has 0 aliphatic heterocycles. The molecule has 0 fully saturated rings. The van der Waals surface area contributed by atoms with Crippen molar-refractivity contribution in [1.82, 2.24) is 8.87 Å². The largest absolute Gasteiger partial charge is 0.316 e. The molecule has 0 saturated carbocycles. The molecule has 3 aromatic rings. The van der Waals surface area contributed by atoms with Crippen LogP contribution < -0.4 is 4.80 Å². The number of carbonyl (C=O) groups is 1. The summed E-state index contributed by atoms with van der Waals surface area (Å²) in [5.74, 6) is -0.387. The van der Waals surface area contributed by atoms with Gasteiger partial charge in [0.15, 0.2) is 4.80 Å². The molecule has 8 heteroatoms. The van der Waals surface area contributed by atoms with Gasteiger partial charge in [-0.2, -0.15) is 4.99 Å². The summed E-state index contributed by atoms with van der Waals surface area (Å²) in [6.45, 7) is 4.89. The topological polar surface area (TPSA) is 71.7 Å². The number of rotatable bonds is 5. The standard InChI is InChI=1S/C20H23N3O3S2/c1-5-12-23-17-11-6-14(2)13-18(17)27-20(23)21-19(24)15-7-9-16(10-8-15)28(25,26)22(3)4/h6-11,13H,5,12H2,1-4H3. The summed E-state index contributed by atoms with van der Waals surface area (Å²) < 4.78 is 28.6. The average molecular weight is 418 g/mol. The number of carbonyl (C=O) groups excluding carboxylic acids is 1. The Kier molecular flexibility index (Phi) is 5.83. The molecule has 28 heavy (non-hydrogen) atoms. The minimum atomic E-state index is -3.52. The Hall–Kier alpha value is -2.29. The Morgan fingerprint density at radius 2 is 1.82 bits per heavy atom. The number of fused-ring (bicyclic) bond motifs is 1. The minimum Gasteiger partial charge on any atom is -0.316 e. The lowest BCUT2D eigenvalue weighted by molar-refractivity contribution is 0.0997. The molecule has 0 bridgehead atoms. The van der Waals surface area contributed by atoms with Gasteiger partial charge < -0.3 is 4.57 Å². The molecule has 148 valence electrons. The summed E-state index contributed by atoms with van der Waals surface area (Å²) in [7, 11) is -0.581. The zero-order valence-corrected chi connectivity index (χ0v) is 18.0. The number of hydrogen-bond donors (Lipinski definition) is 0. The summed E-state index contributed by atoms with van der Waals surface area (Å²) in [6.07, 6.45) is 0.929. The van der Waals surface area contributed by atoms with Crippen molar-refractivity contribution in [1.29, 1.82) is 0 Å². The lowest BCUT2D eigenvalue weighted by atomic mass is 10.2. The summed E-state index contributed by atoms with van der Waals surface area (Å²) in [4.78, 5) is 17.8. The van der Waals surface area contributed by atoms with Gasteiger partial charge in [-0.05, 0) is 55.3 Å². The first-order chi connectivity index (χ1) is 13.2. The maximum atomic E-state index is 12.7. The van der Waals surface area contributed by atoms with Crippen LogP contribution in [0.4, 0.5) is 0 Å². The molecular weight excluding hydrogens is 394 g/mol. The highest BCUT2D eigenvalue weighted by Crippen LogP contribution is 2.20. The fraction of sp³-hybridized carbons (Fsp3) is 0.300. The van der Waals surface area contributed by atoms with Crippen LogP contribution in [0.3, 0.4) is 0 Å². The summed E-state index contributed by atoms with van der Waals surface area (Å²) in [5.41, 5.74) is 2.58. The fourth-order valence-electron chi connectivity index (χ4n) is 2.84. The van der Waals surface area contributed by atoms with E-state index in [4.69, 9.17) is 0 Å². The van der Waals surface area contributed by atoms with Gasteiger partial charge in [0.1, 0.15) is 0 Å². The van der Waals surface area contributed by atoms with Crippen molar-refractivity contribution in [2.24, 2.45) is 4.99 Å². The van der Waals surface area contributed by atoms with Crippen molar-refractivity contribution in [3.05, 3.63) is 58.4 Å². The average Bonchev–Trinajstić information content (AvgIpc) is 2.98. The van der Waals surface area contributed by atoms with E-state index in [1.807, 2.05) is 6.92 Å². The first kappa shape index (κ1) is 20.4. The number of amides is 1. The molecule has 0 aliphatic carbocycles. The van der Waals surface area contributed by atoms with Crippen molar-refractivity contribution in [2.45, 2.75) is 31.7 Å². The van der Waals surface area contributed by atoms with Crippen LogP contribution in [0.25, 0.3) is 10.2 Å². The van der Waals surface area contributed by atoms with Crippen LogP contribution in [0.15, 0.2) is 52.4 Å². The molecule has 0 atom stereocenters. The lowest BCUT2D eigenvalue weighted by Gasteiger charge is -2.11. The second kappa shape index (κ2) is 7.98. The molecular formula is C20H23N3O3S2. The second-order valence-electron chi connectivity index (χ2n) is 6.74. The first-order valence-electron chi connectivity index (χ1n) is 8.95. The van der Waals surface area contributed by atoms with E-state index in [-0.39, 0.29) is 10.8 Å². The highest BCUT2D eigenvalue weighted by atomic mass is 32.2.